The Morgan fingerprint density at radius 2 is 0.577 bits per heavy atom. The smallest absolute Gasteiger partial charge is 0.159 e. The van der Waals surface area contributed by atoms with E-state index in [1.165, 1.54) is 141 Å². The maximum atomic E-state index is 7.53. The maximum absolute atomic E-state index is 7.53. The van der Waals surface area contributed by atoms with Crippen LogP contribution in [0.15, 0.2) is 312 Å². The highest BCUT2D eigenvalue weighted by molar-refractivity contribution is 6.21. The number of fused-ring (bicyclic) bond motifs is 13. The van der Waals surface area contributed by atoms with Gasteiger partial charge in [0.05, 0.1) is 28.2 Å². The first-order valence-electron chi connectivity index (χ1n) is 35.2. The fourth-order valence-corrected chi connectivity index (χ4v) is 17.7. The minimum absolute atomic E-state index is 0.469. The first-order chi connectivity index (χ1) is 48.2. The van der Waals surface area contributed by atoms with Crippen LogP contribution >= 0.6 is 0 Å². The number of hydrogen-bond donors (Lipinski definition) is 0. The van der Waals surface area contributed by atoms with E-state index in [2.05, 4.69) is 313 Å². The van der Waals surface area contributed by atoms with E-state index in [9.17, 15) is 0 Å². The average molecular weight is 1250 g/mol. The summed E-state index contributed by atoms with van der Waals surface area (Å²) in [4.78, 5) is 5.04. The summed E-state index contributed by atoms with van der Waals surface area (Å²) in [7, 11) is 0. The molecule has 4 nitrogen and oxygen atoms in total. The van der Waals surface area contributed by atoms with E-state index < -0.39 is 5.41 Å². The second-order valence-corrected chi connectivity index (χ2v) is 27.3. The predicted octanol–water partition coefficient (Wildman–Crippen LogP) is 26.5. The summed E-state index contributed by atoms with van der Waals surface area (Å²) in [5, 5.41) is 9.24. The zero-order chi connectivity index (χ0) is 64.0. The molecule has 0 radical (unpaired) electrons. The molecular formula is C93H72N2O2. The van der Waals surface area contributed by atoms with E-state index in [0.29, 0.717) is 11.8 Å². The fourth-order valence-electron chi connectivity index (χ4n) is 17.7. The van der Waals surface area contributed by atoms with Crippen molar-refractivity contribution in [2.75, 3.05) is 9.80 Å². The van der Waals surface area contributed by atoms with Gasteiger partial charge in [-0.05, 0) is 164 Å². The van der Waals surface area contributed by atoms with Crippen LogP contribution in [0.2, 0.25) is 0 Å². The second-order valence-electron chi connectivity index (χ2n) is 27.3. The van der Waals surface area contributed by atoms with Crippen molar-refractivity contribution < 1.29 is 8.83 Å². The van der Waals surface area contributed by atoms with Gasteiger partial charge in [-0.3, -0.25) is 0 Å². The monoisotopic (exact) mass is 1250 g/mol. The zero-order valence-corrected chi connectivity index (χ0v) is 54.3. The summed E-state index contributed by atoms with van der Waals surface area (Å²) in [5.74, 6) is 0.938. The number of para-hydroxylation sites is 4. The predicted molar refractivity (Wildman–Crippen MR) is 405 cm³/mol. The third kappa shape index (κ3) is 9.24. The highest BCUT2D eigenvalue weighted by Crippen LogP contribution is 2.63. The van der Waals surface area contributed by atoms with Gasteiger partial charge in [0.1, 0.15) is 11.2 Å². The van der Waals surface area contributed by atoms with Crippen LogP contribution in [0.3, 0.4) is 0 Å². The van der Waals surface area contributed by atoms with E-state index >= 15 is 0 Å². The van der Waals surface area contributed by atoms with E-state index in [4.69, 9.17) is 8.83 Å². The lowest BCUT2D eigenvalue weighted by Gasteiger charge is -2.36. The standard InChI is InChI=1S/C93H72N2O2/c1-7-27-61(28-8-1)63-51-55-69(56-52-63)94(83-49-25-47-79-77-45-23-43-71(89(77)96-91(79)83)65-31-11-3-12-32-65)85-59-81-87(75-41-21-19-39-73(75)85)88-76-42-22-20-40-74(76)86(60-82(88)93(81,67-35-15-5-16-36-67)68-37-17-6-18-38-68)95(70-57-53-64(54-58-70)62-29-9-2-10-30-62)84-50-26-48-80-78-46-24-44-72(90(78)97-92(80)84)66-33-13-4-14-34-66/h1-2,5-10,15-30,35-60,65-66H,3-4,11-14,31-34H2. The highest BCUT2D eigenvalue weighted by atomic mass is 16.3. The molecule has 2 saturated carbocycles. The Morgan fingerprint density at radius 1 is 0.258 bits per heavy atom. The normalized spacial score (nSPS) is 14.8. The minimum Gasteiger partial charge on any atom is -0.454 e. The van der Waals surface area contributed by atoms with E-state index in [0.717, 1.165) is 89.1 Å². The van der Waals surface area contributed by atoms with Gasteiger partial charge in [0.25, 0.3) is 0 Å². The molecule has 4 heteroatoms. The lowest BCUT2D eigenvalue weighted by molar-refractivity contribution is 0.442. The summed E-state index contributed by atoms with van der Waals surface area (Å²) in [6.45, 7) is 0. The van der Waals surface area contributed by atoms with Crippen LogP contribution in [0.1, 0.15) is 109 Å². The van der Waals surface area contributed by atoms with Crippen LogP contribution in [-0.4, -0.2) is 0 Å². The fraction of sp³-hybridized carbons (Fsp3) is 0.140. The number of furan rings is 2. The van der Waals surface area contributed by atoms with Crippen LogP contribution in [0.5, 0.6) is 0 Å². The van der Waals surface area contributed by atoms with Crippen molar-refractivity contribution in [1.82, 2.24) is 0 Å². The zero-order valence-electron chi connectivity index (χ0n) is 54.3. The molecule has 0 bridgehead atoms. The summed E-state index contributed by atoms with van der Waals surface area (Å²) >= 11 is 0. The van der Waals surface area contributed by atoms with Crippen LogP contribution in [0.4, 0.5) is 34.1 Å². The molecule has 3 aliphatic carbocycles. The van der Waals surface area contributed by atoms with Crippen molar-refractivity contribution in [3.05, 3.63) is 337 Å². The van der Waals surface area contributed by atoms with Crippen LogP contribution < -0.4 is 9.80 Å². The molecule has 2 aromatic heterocycles. The number of nitrogens with zero attached hydrogens (tertiary/aromatic N) is 2. The minimum atomic E-state index is -0.864. The molecule has 0 N–H and O–H groups in total. The molecule has 2 heterocycles. The van der Waals surface area contributed by atoms with Crippen molar-refractivity contribution in [3.8, 4) is 33.4 Å². The number of benzene rings is 14. The first kappa shape index (κ1) is 57.3. The average Bonchev–Trinajstić information content (AvgIpc) is 1.53. The van der Waals surface area contributed by atoms with Crippen molar-refractivity contribution in [2.24, 2.45) is 0 Å². The quantitative estimate of drug-likeness (QED) is 0.122. The van der Waals surface area contributed by atoms with Gasteiger partial charge in [-0.2, -0.15) is 0 Å². The Labute approximate surface area is 566 Å². The molecule has 19 rings (SSSR count). The van der Waals surface area contributed by atoms with Gasteiger partial charge < -0.3 is 18.6 Å². The lowest BCUT2D eigenvalue weighted by Crippen LogP contribution is -2.29. The molecule has 16 aromatic rings. The van der Waals surface area contributed by atoms with Crippen molar-refractivity contribution in [3.63, 3.8) is 0 Å². The third-order valence-electron chi connectivity index (χ3n) is 22.1. The van der Waals surface area contributed by atoms with Gasteiger partial charge in [-0.1, -0.05) is 293 Å². The molecule has 14 aromatic carbocycles. The Hall–Kier alpha value is -11.2. The molecule has 0 saturated heterocycles. The first-order valence-corrected chi connectivity index (χ1v) is 35.2. The Morgan fingerprint density at radius 3 is 0.969 bits per heavy atom. The molecule has 0 unspecified atom stereocenters. The van der Waals surface area contributed by atoms with E-state index in [1.807, 2.05) is 0 Å². The largest absolute Gasteiger partial charge is 0.454 e. The molecule has 2 fully saturated rings. The molecule has 3 aliphatic rings. The summed E-state index contributed by atoms with van der Waals surface area (Å²) in [5.41, 5.74) is 23.8. The van der Waals surface area contributed by atoms with Crippen molar-refractivity contribution in [2.45, 2.75) is 81.5 Å². The number of anilines is 6. The maximum Gasteiger partial charge on any atom is 0.159 e. The van der Waals surface area contributed by atoms with Gasteiger partial charge in [-0.25, -0.2) is 0 Å². The Balaban J connectivity index is 0.906. The van der Waals surface area contributed by atoms with Crippen LogP contribution in [-0.2, 0) is 5.41 Å². The van der Waals surface area contributed by atoms with Gasteiger partial charge in [0.2, 0.25) is 0 Å². The molecule has 0 amide bonds. The lowest BCUT2D eigenvalue weighted by atomic mass is 9.67. The SMILES string of the molecule is c1ccc(-c2ccc(N(c3cc4c(c5ccccc35)-c3c(cc(N(c5ccc(-c6ccccc6)cc5)c5cccc6c5oc5c(C7CCCCC7)cccc56)c5ccccc35)C4(c3ccccc3)c3ccccc3)c3cccc4c3oc3c(C5CCCCC5)cccc34)cc2)cc1. The van der Waals surface area contributed by atoms with Gasteiger partial charge in [0.15, 0.2) is 11.2 Å². The number of hydrogen-bond acceptors (Lipinski definition) is 4. The summed E-state index contributed by atoms with van der Waals surface area (Å²) in [6.07, 6.45) is 12.3. The van der Waals surface area contributed by atoms with Crippen molar-refractivity contribution in [1.29, 1.82) is 0 Å². The molecule has 0 aliphatic heterocycles. The Bertz CT molecular complexity index is 5290. The molecular weight excluding hydrogens is 1180 g/mol. The number of rotatable bonds is 12. The topological polar surface area (TPSA) is 32.8 Å². The van der Waals surface area contributed by atoms with Crippen LogP contribution in [0.25, 0.3) is 98.8 Å². The third-order valence-corrected chi connectivity index (χ3v) is 22.1. The van der Waals surface area contributed by atoms with Gasteiger partial charge >= 0.3 is 0 Å². The van der Waals surface area contributed by atoms with Gasteiger partial charge in [0, 0.05) is 43.7 Å². The molecule has 97 heavy (non-hydrogen) atoms. The molecule has 0 atom stereocenters. The molecule has 466 valence electrons. The molecule has 0 spiro atoms. The van der Waals surface area contributed by atoms with E-state index in [1.54, 1.807) is 0 Å². The highest BCUT2D eigenvalue weighted by Gasteiger charge is 2.49. The second kappa shape index (κ2) is 23.6. The van der Waals surface area contributed by atoms with Crippen molar-refractivity contribution >= 4 is 99.5 Å². The Kier molecular flexibility index (Phi) is 13.9. The van der Waals surface area contributed by atoms with Gasteiger partial charge in [-0.15, -0.1) is 0 Å². The van der Waals surface area contributed by atoms with E-state index in [-0.39, 0.29) is 0 Å². The summed E-state index contributed by atoms with van der Waals surface area (Å²) in [6, 6.07) is 114. The van der Waals surface area contributed by atoms with Crippen LogP contribution in [0, 0.1) is 0 Å². The summed E-state index contributed by atoms with van der Waals surface area (Å²) < 4.78 is 15.1.